The number of aromatic nitrogens is 5. The number of fused-ring (bicyclic) bond motifs is 2. The minimum atomic E-state index is 0.840. The summed E-state index contributed by atoms with van der Waals surface area (Å²) in [4.78, 5) is 20.5. The number of H-pyrrole nitrogens is 2. The van der Waals surface area contributed by atoms with Gasteiger partial charge < -0.3 is 14.4 Å². The molecule has 0 aliphatic carbocycles. The monoisotopic (exact) mass is 453 g/mol. The molecule has 0 amide bonds. The van der Waals surface area contributed by atoms with E-state index >= 15 is 0 Å². The fourth-order valence-corrected chi connectivity index (χ4v) is 4.41. The Balaban J connectivity index is 1.22. The number of furan rings is 1. The van der Waals surface area contributed by atoms with E-state index in [9.17, 15) is 0 Å². The van der Waals surface area contributed by atoms with Crippen molar-refractivity contribution in [2.24, 2.45) is 0 Å². The number of hydrogen-bond acceptors (Lipinski definition) is 4. The number of nitrogens with zero attached hydrogens (tertiary/aromatic N) is 3. The van der Waals surface area contributed by atoms with Gasteiger partial charge in [-0.25, -0.2) is 9.97 Å². The smallest absolute Gasteiger partial charge is 0.138 e. The Morgan fingerprint density at radius 2 is 1.06 bits per heavy atom. The van der Waals surface area contributed by atoms with Crippen LogP contribution in [0.5, 0.6) is 0 Å². The van der Waals surface area contributed by atoms with Crippen LogP contribution in [0.15, 0.2) is 108 Å². The summed E-state index contributed by atoms with van der Waals surface area (Å²) in [6.07, 6.45) is 6.98. The first-order valence-electron chi connectivity index (χ1n) is 11.3. The minimum Gasteiger partial charge on any atom is -0.472 e. The van der Waals surface area contributed by atoms with Crippen LogP contribution in [0.4, 0.5) is 0 Å². The molecule has 4 aromatic heterocycles. The van der Waals surface area contributed by atoms with E-state index in [1.807, 2.05) is 18.2 Å². The Bertz CT molecular complexity index is 1780. The van der Waals surface area contributed by atoms with Crippen LogP contribution in [-0.2, 0) is 0 Å². The normalized spacial score (nSPS) is 11.4. The van der Waals surface area contributed by atoms with Gasteiger partial charge in [0.25, 0.3) is 0 Å². The molecule has 0 saturated carbocycles. The van der Waals surface area contributed by atoms with Gasteiger partial charge in [0.1, 0.15) is 11.6 Å². The molecule has 2 N–H and O–H groups in total. The lowest BCUT2D eigenvalue weighted by atomic mass is 10.0. The van der Waals surface area contributed by atoms with Crippen LogP contribution in [-0.4, -0.2) is 24.9 Å². The molecular weight excluding hydrogens is 434 g/mol. The molecule has 0 unspecified atom stereocenters. The predicted molar refractivity (Wildman–Crippen MR) is 138 cm³/mol. The summed E-state index contributed by atoms with van der Waals surface area (Å²) < 4.78 is 5.19. The Morgan fingerprint density at radius 1 is 0.514 bits per heavy atom. The molecule has 0 bridgehead atoms. The molecule has 0 aliphatic heterocycles. The summed E-state index contributed by atoms with van der Waals surface area (Å²) >= 11 is 0. The summed E-state index contributed by atoms with van der Waals surface area (Å²) in [5, 5.41) is 0. The molecule has 35 heavy (non-hydrogen) atoms. The molecule has 7 rings (SSSR count). The van der Waals surface area contributed by atoms with Crippen molar-refractivity contribution in [1.82, 2.24) is 24.9 Å². The molecule has 0 aliphatic rings. The molecular formula is C29H19N5O. The standard InChI is InChI=1S/C29H19N5O/c1-3-19(4-2-18(1)23-11-14-35-17-23)28-31-24-7-5-21(15-26(24)33-28)22-6-8-25-27(16-22)34-29(32-25)20-9-12-30-13-10-20/h1-17H,(H,31,33)(H,32,34). The summed E-state index contributed by atoms with van der Waals surface area (Å²) in [6, 6.07) is 26.8. The first kappa shape index (κ1) is 19.5. The zero-order valence-electron chi connectivity index (χ0n) is 18.6. The van der Waals surface area contributed by atoms with Gasteiger partial charge in [0.2, 0.25) is 0 Å². The SMILES string of the molecule is c1cc(-c2nc3ccc(-c4ccc5nc(-c6ccc(-c7ccoc7)cc6)[nH]c5c4)cc3[nH]2)ccn1. The molecule has 6 nitrogen and oxygen atoms in total. The maximum absolute atomic E-state index is 5.19. The molecule has 6 heteroatoms. The lowest BCUT2D eigenvalue weighted by Gasteiger charge is -2.02. The summed E-state index contributed by atoms with van der Waals surface area (Å²) in [5.74, 6) is 1.69. The highest BCUT2D eigenvalue weighted by atomic mass is 16.3. The van der Waals surface area contributed by atoms with Gasteiger partial charge >= 0.3 is 0 Å². The average Bonchev–Trinajstić information content (AvgIpc) is 3.68. The van der Waals surface area contributed by atoms with Crippen LogP contribution >= 0.6 is 0 Å². The summed E-state index contributed by atoms with van der Waals surface area (Å²) in [6.45, 7) is 0. The Labute approximate surface area is 200 Å². The summed E-state index contributed by atoms with van der Waals surface area (Å²) in [5.41, 5.74) is 10.3. The third-order valence-electron chi connectivity index (χ3n) is 6.26. The second-order valence-corrected chi connectivity index (χ2v) is 8.46. The third-order valence-corrected chi connectivity index (χ3v) is 6.26. The number of hydrogen-bond donors (Lipinski definition) is 2. The van der Waals surface area contributed by atoms with Gasteiger partial charge in [0, 0.05) is 29.1 Å². The van der Waals surface area contributed by atoms with Gasteiger partial charge in [-0.3, -0.25) is 4.98 Å². The molecule has 166 valence electrons. The van der Waals surface area contributed by atoms with E-state index in [2.05, 4.69) is 75.6 Å². The van der Waals surface area contributed by atoms with Gasteiger partial charge in [-0.15, -0.1) is 0 Å². The van der Waals surface area contributed by atoms with Crippen LogP contribution in [0.1, 0.15) is 0 Å². The van der Waals surface area contributed by atoms with E-state index in [1.165, 1.54) is 0 Å². The van der Waals surface area contributed by atoms with E-state index < -0.39 is 0 Å². The number of imidazole rings is 2. The maximum atomic E-state index is 5.19. The second kappa shape index (κ2) is 7.81. The quantitative estimate of drug-likeness (QED) is 0.298. The molecule has 7 aromatic rings. The highest BCUT2D eigenvalue weighted by Gasteiger charge is 2.10. The van der Waals surface area contributed by atoms with E-state index in [1.54, 1.807) is 24.9 Å². The van der Waals surface area contributed by atoms with E-state index in [4.69, 9.17) is 14.4 Å². The first-order chi connectivity index (χ1) is 17.3. The fourth-order valence-electron chi connectivity index (χ4n) is 4.41. The predicted octanol–water partition coefficient (Wildman–Crippen LogP) is 7.10. The Kier molecular flexibility index (Phi) is 4.35. The second-order valence-electron chi connectivity index (χ2n) is 8.46. The van der Waals surface area contributed by atoms with Crippen LogP contribution in [0.25, 0.3) is 67.1 Å². The van der Waals surface area contributed by atoms with Gasteiger partial charge in [0.05, 0.1) is 34.6 Å². The van der Waals surface area contributed by atoms with E-state index in [0.717, 1.165) is 67.1 Å². The molecule has 0 saturated heterocycles. The molecule has 0 atom stereocenters. The highest BCUT2D eigenvalue weighted by molar-refractivity contribution is 5.88. The Hall–Kier alpha value is -4.97. The van der Waals surface area contributed by atoms with Crippen molar-refractivity contribution in [3.05, 3.63) is 104 Å². The number of pyridine rings is 1. The number of benzene rings is 3. The third kappa shape index (κ3) is 3.48. The largest absolute Gasteiger partial charge is 0.472 e. The number of aromatic amines is 2. The van der Waals surface area contributed by atoms with Crippen LogP contribution < -0.4 is 0 Å². The average molecular weight is 454 g/mol. The lowest BCUT2D eigenvalue weighted by molar-refractivity contribution is 0.568. The highest BCUT2D eigenvalue weighted by Crippen LogP contribution is 2.30. The topological polar surface area (TPSA) is 83.4 Å². The zero-order chi connectivity index (χ0) is 23.2. The van der Waals surface area contributed by atoms with Crippen molar-refractivity contribution in [2.75, 3.05) is 0 Å². The van der Waals surface area contributed by atoms with Gasteiger partial charge in [-0.05, 0) is 59.2 Å². The molecule has 4 heterocycles. The van der Waals surface area contributed by atoms with Gasteiger partial charge in [0.15, 0.2) is 0 Å². The zero-order valence-corrected chi connectivity index (χ0v) is 18.6. The molecule has 0 spiro atoms. The lowest BCUT2D eigenvalue weighted by Crippen LogP contribution is -1.81. The van der Waals surface area contributed by atoms with Crippen LogP contribution in [0.3, 0.4) is 0 Å². The maximum Gasteiger partial charge on any atom is 0.138 e. The summed E-state index contributed by atoms with van der Waals surface area (Å²) in [7, 11) is 0. The first-order valence-corrected chi connectivity index (χ1v) is 11.3. The molecule has 3 aromatic carbocycles. The molecule has 0 radical (unpaired) electrons. The van der Waals surface area contributed by atoms with Crippen molar-refractivity contribution < 1.29 is 4.42 Å². The van der Waals surface area contributed by atoms with Crippen molar-refractivity contribution >= 4 is 22.1 Å². The van der Waals surface area contributed by atoms with Crippen molar-refractivity contribution in [3.8, 4) is 45.0 Å². The fraction of sp³-hybridized carbons (Fsp3) is 0. The van der Waals surface area contributed by atoms with Crippen LogP contribution in [0, 0.1) is 0 Å². The van der Waals surface area contributed by atoms with E-state index in [-0.39, 0.29) is 0 Å². The van der Waals surface area contributed by atoms with Gasteiger partial charge in [-0.2, -0.15) is 0 Å². The van der Waals surface area contributed by atoms with Gasteiger partial charge in [-0.1, -0.05) is 36.4 Å². The number of rotatable bonds is 4. The molecule has 0 fully saturated rings. The minimum absolute atomic E-state index is 0.840. The van der Waals surface area contributed by atoms with Crippen molar-refractivity contribution in [1.29, 1.82) is 0 Å². The van der Waals surface area contributed by atoms with Crippen LogP contribution in [0.2, 0.25) is 0 Å². The van der Waals surface area contributed by atoms with Crippen molar-refractivity contribution in [2.45, 2.75) is 0 Å². The number of nitrogens with one attached hydrogen (secondary N) is 2. The van der Waals surface area contributed by atoms with Crippen molar-refractivity contribution in [3.63, 3.8) is 0 Å². The van der Waals surface area contributed by atoms with E-state index in [0.29, 0.717) is 0 Å². The Morgan fingerprint density at radius 3 is 1.63 bits per heavy atom.